The lowest BCUT2D eigenvalue weighted by atomic mass is 10.1. The van der Waals surface area contributed by atoms with Gasteiger partial charge in [0.2, 0.25) is 0 Å². The molecule has 0 saturated carbocycles. The molecule has 1 atom stereocenters. The Kier molecular flexibility index (Phi) is 5.15. The first-order valence-electron chi connectivity index (χ1n) is 5.39. The summed E-state index contributed by atoms with van der Waals surface area (Å²) in [5.74, 6) is 0.811. The van der Waals surface area contributed by atoms with Gasteiger partial charge in [0.1, 0.15) is 5.75 Å². The van der Waals surface area contributed by atoms with Crippen LogP contribution in [-0.4, -0.2) is 24.8 Å². The van der Waals surface area contributed by atoms with Crippen LogP contribution in [0.1, 0.15) is 25.5 Å². The average molecular weight is 209 g/mol. The zero-order valence-electron chi connectivity index (χ0n) is 9.36. The van der Waals surface area contributed by atoms with Crippen LogP contribution in [0.4, 0.5) is 0 Å². The van der Waals surface area contributed by atoms with Gasteiger partial charge in [0.25, 0.3) is 0 Å². The second kappa shape index (κ2) is 6.43. The van der Waals surface area contributed by atoms with Gasteiger partial charge in [-0.3, -0.25) is 0 Å². The molecule has 3 heteroatoms. The van der Waals surface area contributed by atoms with E-state index in [2.05, 4.69) is 5.32 Å². The van der Waals surface area contributed by atoms with E-state index < -0.39 is 6.10 Å². The van der Waals surface area contributed by atoms with Crippen LogP contribution < -0.4 is 10.1 Å². The fourth-order valence-corrected chi connectivity index (χ4v) is 1.38. The van der Waals surface area contributed by atoms with E-state index in [0.29, 0.717) is 13.2 Å². The van der Waals surface area contributed by atoms with Crippen molar-refractivity contribution in [2.24, 2.45) is 0 Å². The second-order valence-corrected chi connectivity index (χ2v) is 3.33. The average Bonchev–Trinajstić information content (AvgIpc) is 2.27. The third kappa shape index (κ3) is 3.90. The summed E-state index contributed by atoms with van der Waals surface area (Å²) in [6, 6.07) is 7.58. The van der Waals surface area contributed by atoms with Gasteiger partial charge in [-0.2, -0.15) is 0 Å². The molecule has 1 unspecified atom stereocenters. The molecule has 0 heterocycles. The summed E-state index contributed by atoms with van der Waals surface area (Å²) in [6.45, 7) is 6.05. The lowest BCUT2D eigenvalue weighted by Crippen LogP contribution is -2.20. The number of aliphatic hydroxyl groups is 1. The number of benzene rings is 1. The molecule has 0 aromatic heterocycles. The minimum absolute atomic E-state index is 0.467. The van der Waals surface area contributed by atoms with Crippen molar-refractivity contribution in [2.45, 2.75) is 20.0 Å². The highest BCUT2D eigenvalue weighted by atomic mass is 16.5. The molecule has 0 bridgehead atoms. The van der Waals surface area contributed by atoms with Crippen molar-refractivity contribution >= 4 is 0 Å². The second-order valence-electron chi connectivity index (χ2n) is 3.33. The van der Waals surface area contributed by atoms with Crippen LogP contribution in [-0.2, 0) is 0 Å². The van der Waals surface area contributed by atoms with E-state index in [1.54, 1.807) is 0 Å². The van der Waals surface area contributed by atoms with Crippen molar-refractivity contribution in [3.8, 4) is 5.75 Å². The molecule has 1 aromatic carbocycles. The predicted molar refractivity (Wildman–Crippen MR) is 61.1 cm³/mol. The quantitative estimate of drug-likeness (QED) is 0.749. The summed E-state index contributed by atoms with van der Waals surface area (Å²) in [7, 11) is 0. The highest BCUT2D eigenvalue weighted by Crippen LogP contribution is 2.18. The highest BCUT2D eigenvalue weighted by Gasteiger charge is 2.07. The summed E-state index contributed by atoms with van der Waals surface area (Å²) in [5.41, 5.74) is 0.891. The van der Waals surface area contributed by atoms with Crippen molar-refractivity contribution < 1.29 is 9.84 Å². The molecule has 0 amide bonds. The highest BCUT2D eigenvalue weighted by molar-refractivity contribution is 5.30. The SMILES string of the molecule is CCNCC(O)c1cccc(OCC)c1. The van der Waals surface area contributed by atoms with Crippen LogP contribution in [0, 0.1) is 0 Å². The molecule has 84 valence electrons. The Morgan fingerprint density at radius 1 is 1.40 bits per heavy atom. The van der Waals surface area contributed by atoms with Gasteiger partial charge in [-0.05, 0) is 31.2 Å². The van der Waals surface area contributed by atoms with Crippen LogP contribution in [0.2, 0.25) is 0 Å². The van der Waals surface area contributed by atoms with Crippen molar-refractivity contribution in [3.05, 3.63) is 29.8 Å². The van der Waals surface area contributed by atoms with Gasteiger partial charge in [-0.1, -0.05) is 19.1 Å². The smallest absolute Gasteiger partial charge is 0.119 e. The molecule has 3 nitrogen and oxygen atoms in total. The van der Waals surface area contributed by atoms with Gasteiger partial charge in [0.05, 0.1) is 12.7 Å². The number of aliphatic hydroxyl groups excluding tert-OH is 1. The normalized spacial score (nSPS) is 12.5. The lowest BCUT2D eigenvalue weighted by Gasteiger charge is -2.12. The molecule has 1 rings (SSSR count). The first kappa shape index (κ1) is 12.0. The standard InChI is InChI=1S/C12H19NO2/c1-3-13-9-12(14)10-6-5-7-11(8-10)15-4-2/h5-8,12-14H,3-4,9H2,1-2H3. The maximum Gasteiger partial charge on any atom is 0.119 e. The summed E-state index contributed by atoms with van der Waals surface area (Å²) in [6.07, 6.45) is -0.467. The van der Waals surface area contributed by atoms with Crippen molar-refractivity contribution in [1.29, 1.82) is 0 Å². The van der Waals surface area contributed by atoms with E-state index >= 15 is 0 Å². The summed E-state index contributed by atoms with van der Waals surface area (Å²) < 4.78 is 5.37. The van der Waals surface area contributed by atoms with Crippen LogP contribution in [0.3, 0.4) is 0 Å². The van der Waals surface area contributed by atoms with Crippen LogP contribution >= 0.6 is 0 Å². The van der Waals surface area contributed by atoms with Crippen LogP contribution in [0.15, 0.2) is 24.3 Å². The molecule has 0 fully saturated rings. The van der Waals surface area contributed by atoms with Gasteiger partial charge < -0.3 is 15.2 Å². The molecule has 0 aliphatic rings. The molecule has 0 radical (unpaired) electrons. The van der Waals surface area contributed by atoms with Crippen molar-refractivity contribution in [1.82, 2.24) is 5.32 Å². The molecule has 0 spiro atoms. The number of rotatable bonds is 6. The molecule has 0 aliphatic carbocycles. The number of hydrogen-bond acceptors (Lipinski definition) is 3. The zero-order chi connectivity index (χ0) is 11.1. The van der Waals surface area contributed by atoms with Crippen molar-refractivity contribution in [2.75, 3.05) is 19.7 Å². The molecule has 0 saturated heterocycles. The largest absolute Gasteiger partial charge is 0.494 e. The minimum atomic E-state index is -0.467. The number of hydrogen-bond donors (Lipinski definition) is 2. The Balaban J connectivity index is 2.62. The minimum Gasteiger partial charge on any atom is -0.494 e. The Labute approximate surface area is 91.1 Å². The molecule has 2 N–H and O–H groups in total. The van der Waals surface area contributed by atoms with Crippen LogP contribution in [0.5, 0.6) is 5.75 Å². The first-order valence-corrected chi connectivity index (χ1v) is 5.39. The Bertz CT molecular complexity index is 289. The predicted octanol–water partition coefficient (Wildman–Crippen LogP) is 1.73. The first-order chi connectivity index (χ1) is 7.27. The summed E-state index contributed by atoms with van der Waals surface area (Å²) >= 11 is 0. The Morgan fingerprint density at radius 2 is 2.20 bits per heavy atom. The zero-order valence-corrected chi connectivity index (χ0v) is 9.36. The fourth-order valence-electron chi connectivity index (χ4n) is 1.38. The molecule has 1 aromatic rings. The van der Waals surface area contributed by atoms with Gasteiger partial charge in [-0.25, -0.2) is 0 Å². The monoisotopic (exact) mass is 209 g/mol. The maximum absolute atomic E-state index is 9.83. The van der Waals surface area contributed by atoms with E-state index in [1.165, 1.54) is 0 Å². The third-order valence-corrected chi connectivity index (χ3v) is 2.14. The Hall–Kier alpha value is -1.06. The molecular formula is C12H19NO2. The number of nitrogens with one attached hydrogen (secondary N) is 1. The van der Waals surface area contributed by atoms with E-state index in [-0.39, 0.29) is 0 Å². The summed E-state index contributed by atoms with van der Waals surface area (Å²) in [5, 5.41) is 12.9. The third-order valence-electron chi connectivity index (χ3n) is 2.14. The summed E-state index contributed by atoms with van der Waals surface area (Å²) in [4.78, 5) is 0. The number of likely N-dealkylation sites (N-methyl/N-ethyl adjacent to an activating group) is 1. The molecular weight excluding hydrogens is 190 g/mol. The maximum atomic E-state index is 9.83. The molecule has 15 heavy (non-hydrogen) atoms. The molecule has 0 aliphatic heterocycles. The fraction of sp³-hybridized carbons (Fsp3) is 0.500. The number of ether oxygens (including phenoxy) is 1. The van der Waals surface area contributed by atoms with E-state index in [4.69, 9.17) is 4.74 Å². The lowest BCUT2D eigenvalue weighted by molar-refractivity contribution is 0.175. The van der Waals surface area contributed by atoms with Gasteiger partial charge in [0, 0.05) is 6.54 Å². The van der Waals surface area contributed by atoms with Gasteiger partial charge in [0.15, 0.2) is 0 Å². The van der Waals surface area contributed by atoms with E-state index in [1.807, 2.05) is 38.1 Å². The van der Waals surface area contributed by atoms with Gasteiger partial charge in [-0.15, -0.1) is 0 Å². The van der Waals surface area contributed by atoms with Crippen LogP contribution in [0.25, 0.3) is 0 Å². The van der Waals surface area contributed by atoms with Gasteiger partial charge >= 0.3 is 0 Å². The van der Waals surface area contributed by atoms with E-state index in [9.17, 15) is 5.11 Å². The van der Waals surface area contributed by atoms with E-state index in [0.717, 1.165) is 17.9 Å². The Morgan fingerprint density at radius 3 is 2.87 bits per heavy atom. The van der Waals surface area contributed by atoms with Crippen molar-refractivity contribution in [3.63, 3.8) is 0 Å². The topological polar surface area (TPSA) is 41.5 Å².